The van der Waals surface area contributed by atoms with Crippen molar-refractivity contribution in [2.75, 3.05) is 31.2 Å². The molecule has 1 aliphatic heterocycles. The normalized spacial score (nSPS) is 15.8. The van der Waals surface area contributed by atoms with E-state index in [4.69, 9.17) is 16.0 Å². The maximum atomic E-state index is 12.4. The molecule has 0 atom stereocenters. The van der Waals surface area contributed by atoms with E-state index < -0.39 is 0 Å². The summed E-state index contributed by atoms with van der Waals surface area (Å²) in [5.41, 5.74) is 2.42. The summed E-state index contributed by atoms with van der Waals surface area (Å²) in [4.78, 5) is 20.3. The smallest absolute Gasteiger partial charge is 0.238 e. The number of nitrogens with zero attached hydrogens (tertiary/aromatic N) is 2. The summed E-state index contributed by atoms with van der Waals surface area (Å²) in [5, 5.41) is 3.66. The zero-order valence-corrected chi connectivity index (χ0v) is 17.2. The van der Waals surface area contributed by atoms with E-state index in [1.807, 2.05) is 48.7 Å². The molecule has 0 unspecified atom stereocenters. The Morgan fingerprint density at radius 2 is 2.11 bits per heavy atom. The Bertz CT molecular complexity index is 983. The van der Waals surface area contributed by atoms with E-state index >= 15 is 0 Å². The van der Waals surface area contributed by atoms with E-state index in [2.05, 4.69) is 15.2 Å². The molecule has 1 fully saturated rings. The molecule has 2 heterocycles. The Kier molecular flexibility index (Phi) is 5.90. The predicted octanol–water partition coefficient (Wildman–Crippen LogP) is 5.02. The Morgan fingerprint density at radius 3 is 2.89 bits per heavy atom. The van der Waals surface area contributed by atoms with Crippen molar-refractivity contribution < 1.29 is 9.21 Å². The van der Waals surface area contributed by atoms with Gasteiger partial charge in [-0.3, -0.25) is 9.69 Å². The first-order valence-corrected chi connectivity index (χ1v) is 10.9. The molecule has 7 heteroatoms. The molecular weight excluding hydrogens is 394 g/mol. The predicted molar refractivity (Wildman–Crippen MR) is 114 cm³/mol. The van der Waals surface area contributed by atoms with Crippen LogP contribution in [-0.2, 0) is 4.79 Å². The quantitative estimate of drug-likeness (QED) is 0.593. The number of piperidine rings is 1. The largest absolute Gasteiger partial charge is 0.440 e. The topological polar surface area (TPSA) is 58.4 Å². The third-order valence-corrected chi connectivity index (χ3v) is 5.98. The van der Waals surface area contributed by atoms with Gasteiger partial charge in [0.05, 0.1) is 6.54 Å². The van der Waals surface area contributed by atoms with Crippen LogP contribution >= 0.6 is 23.4 Å². The fourth-order valence-electron chi connectivity index (χ4n) is 3.54. The van der Waals surface area contributed by atoms with Crippen molar-refractivity contribution in [1.29, 1.82) is 0 Å². The van der Waals surface area contributed by atoms with Crippen molar-refractivity contribution in [2.24, 2.45) is 0 Å². The van der Waals surface area contributed by atoms with Crippen LogP contribution in [0.1, 0.15) is 24.7 Å². The number of carbonyl (C=O) groups is 1. The summed E-state index contributed by atoms with van der Waals surface area (Å²) in [6.07, 6.45) is 3.88. The maximum Gasteiger partial charge on any atom is 0.238 e. The molecule has 1 aliphatic rings. The van der Waals surface area contributed by atoms with E-state index in [1.165, 1.54) is 0 Å². The highest BCUT2D eigenvalue weighted by Gasteiger charge is 2.25. The highest BCUT2D eigenvalue weighted by molar-refractivity contribution is 7.98. The van der Waals surface area contributed by atoms with E-state index in [0.29, 0.717) is 11.6 Å². The summed E-state index contributed by atoms with van der Waals surface area (Å²) in [6.45, 7) is 2.10. The minimum atomic E-state index is 0.0215. The molecule has 0 spiro atoms. The zero-order valence-electron chi connectivity index (χ0n) is 15.7. The van der Waals surface area contributed by atoms with Crippen LogP contribution in [0.5, 0.6) is 0 Å². The second kappa shape index (κ2) is 8.55. The van der Waals surface area contributed by atoms with Gasteiger partial charge < -0.3 is 9.73 Å². The van der Waals surface area contributed by atoms with Crippen molar-refractivity contribution in [3.05, 3.63) is 53.4 Å². The molecule has 0 radical (unpaired) electrons. The van der Waals surface area contributed by atoms with Crippen LogP contribution in [0, 0.1) is 0 Å². The SMILES string of the molecule is CSc1cccc(NC(=O)CN2CCC(c3nc4cc(Cl)ccc4o3)CC2)c1. The van der Waals surface area contributed by atoms with Crippen LogP contribution in [0.4, 0.5) is 5.69 Å². The lowest BCUT2D eigenvalue weighted by Gasteiger charge is -2.29. The van der Waals surface area contributed by atoms with Gasteiger partial charge in [0.15, 0.2) is 11.5 Å². The number of hydrogen-bond donors (Lipinski definition) is 1. The van der Waals surface area contributed by atoms with Crippen molar-refractivity contribution in [2.45, 2.75) is 23.7 Å². The molecule has 4 rings (SSSR count). The molecule has 1 saturated heterocycles. The van der Waals surface area contributed by atoms with Gasteiger partial charge in [0.1, 0.15) is 5.52 Å². The van der Waals surface area contributed by atoms with Crippen LogP contribution in [0.3, 0.4) is 0 Å². The number of carbonyl (C=O) groups excluding carboxylic acids is 1. The Morgan fingerprint density at radius 1 is 1.29 bits per heavy atom. The lowest BCUT2D eigenvalue weighted by molar-refractivity contribution is -0.117. The average molecular weight is 416 g/mol. The van der Waals surface area contributed by atoms with Crippen molar-refractivity contribution in [3.8, 4) is 0 Å². The van der Waals surface area contributed by atoms with Gasteiger partial charge in [0.25, 0.3) is 0 Å². The third-order valence-electron chi connectivity index (χ3n) is 5.02. The van der Waals surface area contributed by atoms with Crippen LogP contribution in [0.25, 0.3) is 11.1 Å². The minimum Gasteiger partial charge on any atom is -0.440 e. The summed E-state index contributed by atoms with van der Waals surface area (Å²) in [5.74, 6) is 1.08. The number of amides is 1. The summed E-state index contributed by atoms with van der Waals surface area (Å²) < 4.78 is 5.91. The van der Waals surface area contributed by atoms with Gasteiger partial charge in [-0.25, -0.2) is 4.98 Å². The summed E-state index contributed by atoms with van der Waals surface area (Å²) in [6, 6.07) is 13.4. The van der Waals surface area contributed by atoms with E-state index in [9.17, 15) is 4.79 Å². The molecule has 2 aromatic carbocycles. The lowest BCUT2D eigenvalue weighted by atomic mass is 9.97. The highest BCUT2D eigenvalue weighted by atomic mass is 35.5. The van der Waals surface area contributed by atoms with Gasteiger partial charge in [0.2, 0.25) is 5.91 Å². The molecule has 0 aliphatic carbocycles. The van der Waals surface area contributed by atoms with Gasteiger partial charge in [-0.15, -0.1) is 11.8 Å². The average Bonchev–Trinajstić information content (AvgIpc) is 3.11. The number of thioether (sulfide) groups is 1. The van der Waals surface area contributed by atoms with Gasteiger partial charge in [-0.1, -0.05) is 17.7 Å². The molecule has 1 amide bonds. The first kappa shape index (κ1) is 19.3. The molecule has 0 saturated carbocycles. The summed E-state index contributed by atoms with van der Waals surface area (Å²) >= 11 is 7.69. The minimum absolute atomic E-state index is 0.0215. The number of aromatic nitrogens is 1. The van der Waals surface area contributed by atoms with E-state index in [-0.39, 0.29) is 11.8 Å². The first-order chi connectivity index (χ1) is 13.6. The van der Waals surface area contributed by atoms with Crippen molar-refractivity contribution in [1.82, 2.24) is 9.88 Å². The summed E-state index contributed by atoms with van der Waals surface area (Å²) in [7, 11) is 0. The van der Waals surface area contributed by atoms with Gasteiger partial charge in [-0.2, -0.15) is 0 Å². The number of anilines is 1. The lowest BCUT2D eigenvalue weighted by Crippen LogP contribution is -2.38. The molecule has 5 nitrogen and oxygen atoms in total. The Labute approximate surface area is 173 Å². The van der Waals surface area contributed by atoms with Crippen LogP contribution in [0.2, 0.25) is 5.02 Å². The molecule has 146 valence electrons. The van der Waals surface area contributed by atoms with Gasteiger partial charge in [0, 0.05) is 21.5 Å². The van der Waals surface area contributed by atoms with E-state index in [1.54, 1.807) is 11.8 Å². The number of oxazole rings is 1. The van der Waals surface area contributed by atoms with E-state index in [0.717, 1.165) is 53.5 Å². The monoisotopic (exact) mass is 415 g/mol. The Hall–Kier alpha value is -2.02. The number of likely N-dealkylation sites (tertiary alicyclic amines) is 1. The number of rotatable bonds is 5. The molecule has 28 heavy (non-hydrogen) atoms. The van der Waals surface area contributed by atoms with Crippen molar-refractivity contribution in [3.63, 3.8) is 0 Å². The van der Waals surface area contributed by atoms with Gasteiger partial charge in [-0.05, 0) is 68.6 Å². The second-order valence-electron chi connectivity index (χ2n) is 6.99. The first-order valence-electron chi connectivity index (χ1n) is 9.33. The number of fused-ring (bicyclic) bond motifs is 1. The fourth-order valence-corrected chi connectivity index (χ4v) is 4.16. The number of halogens is 1. The van der Waals surface area contributed by atoms with Crippen LogP contribution in [-0.4, -0.2) is 41.7 Å². The van der Waals surface area contributed by atoms with Crippen molar-refractivity contribution >= 4 is 46.1 Å². The molecule has 1 aromatic heterocycles. The number of nitrogens with one attached hydrogen (secondary N) is 1. The van der Waals surface area contributed by atoms with Gasteiger partial charge >= 0.3 is 0 Å². The number of hydrogen-bond acceptors (Lipinski definition) is 5. The standard InChI is InChI=1S/C21H22ClN3O2S/c1-28-17-4-2-3-16(12-17)23-20(26)13-25-9-7-14(8-10-25)21-24-18-11-15(22)5-6-19(18)27-21/h2-6,11-12,14H,7-10,13H2,1H3,(H,23,26). The fraction of sp³-hybridized carbons (Fsp3) is 0.333. The number of benzene rings is 2. The molecule has 3 aromatic rings. The Balaban J connectivity index is 1.31. The second-order valence-corrected chi connectivity index (χ2v) is 8.31. The molecular formula is C21H22ClN3O2S. The highest BCUT2D eigenvalue weighted by Crippen LogP contribution is 2.30. The van der Waals surface area contributed by atoms with Crippen LogP contribution < -0.4 is 5.32 Å². The molecule has 0 bridgehead atoms. The third kappa shape index (κ3) is 4.51. The maximum absolute atomic E-state index is 12.4. The molecule has 1 N–H and O–H groups in total. The van der Waals surface area contributed by atoms with Crippen LogP contribution in [0.15, 0.2) is 51.8 Å². The zero-order chi connectivity index (χ0) is 19.5.